The third-order valence-corrected chi connectivity index (χ3v) is 2.28. The van der Waals surface area contributed by atoms with Crippen LogP contribution in [0, 0.1) is 0 Å². The Labute approximate surface area is 76.8 Å². The highest BCUT2D eigenvalue weighted by Gasteiger charge is 2.10. The number of aromatic nitrogens is 1. The van der Waals surface area contributed by atoms with Crippen LogP contribution in [0.25, 0.3) is 0 Å². The number of hydrogen-bond donors (Lipinski definition) is 1. The van der Waals surface area contributed by atoms with Crippen LogP contribution in [0.4, 0.5) is 0 Å². The molecule has 0 spiro atoms. The highest BCUT2D eigenvalue weighted by Crippen LogP contribution is 2.22. The van der Waals surface area contributed by atoms with E-state index in [1.165, 1.54) is 7.11 Å². The second-order valence-corrected chi connectivity index (χ2v) is 3.07. The first-order valence-corrected chi connectivity index (χ1v) is 3.94. The van der Waals surface area contributed by atoms with Gasteiger partial charge in [0.15, 0.2) is 0 Å². The first kappa shape index (κ1) is 8.62. The second kappa shape index (κ2) is 3.28. The number of esters is 1. The van der Waals surface area contributed by atoms with Crippen molar-refractivity contribution in [2.24, 2.45) is 0 Å². The number of carbonyl (C=O) groups is 1. The van der Waals surface area contributed by atoms with E-state index in [1.54, 1.807) is 6.07 Å². The molecule has 1 aromatic rings. The van der Waals surface area contributed by atoms with E-state index in [0.29, 0.717) is 15.3 Å². The Morgan fingerprint density at radius 1 is 1.82 bits per heavy atom. The molecule has 0 bridgehead atoms. The van der Waals surface area contributed by atoms with Crippen LogP contribution < -0.4 is 0 Å². The lowest BCUT2D eigenvalue weighted by Crippen LogP contribution is -2.00. The Bertz CT molecular complexity index is 265. The number of methoxy groups -OCH3 is 1. The molecule has 11 heavy (non-hydrogen) atoms. The summed E-state index contributed by atoms with van der Waals surface area (Å²) in [6.07, 6.45) is 0. The van der Waals surface area contributed by atoms with Gasteiger partial charge >= 0.3 is 5.97 Å². The third-order valence-electron chi connectivity index (χ3n) is 1.13. The molecule has 1 rings (SSSR count). The molecule has 0 aliphatic carbocycles. The van der Waals surface area contributed by atoms with E-state index in [2.05, 4.69) is 25.7 Å². The quantitative estimate of drug-likeness (QED) is 0.762. The summed E-state index contributed by atoms with van der Waals surface area (Å²) in [5.74, 6) is -0.433. The van der Waals surface area contributed by atoms with E-state index < -0.39 is 5.97 Å². The van der Waals surface area contributed by atoms with Crippen molar-refractivity contribution in [1.29, 1.82) is 0 Å². The fraction of sp³-hybridized carbons (Fsp3) is 0.167. The van der Waals surface area contributed by atoms with Crippen molar-refractivity contribution >= 4 is 33.5 Å². The first-order chi connectivity index (χ1) is 5.15. The standard InChI is InChI=1S/C6H5BrClNO2/c1-11-6(10)4-2-3(7)5(8)9-4/h2,9H,1H3. The number of H-pyrrole nitrogens is 1. The van der Waals surface area contributed by atoms with Gasteiger partial charge in [-0.3, -0.25) is 0 Å². The minimum atomic E-state index is -0.433. The van der Waals surface area contributed by atoms with Gasteiger partial charge in [-0.2, -0.15) is 0 Å². The smallest absolute Gasteiger partial charge is 0.354 e. The number of ether oxygens (including phenoxy) is 1. The molecular weight excluding hydrogens is 233 g/mol. The predicted octanol–water partition coefficient (Wildman–Crippen LogP) is 2.22. The van der Waals surface area contributed by atoms with E-state index in [9.17, 15) is 4.79 Å². The Kier molecular flexibility index (Phi) is 2.57. The molecule has 3 nitrogen and oxygen atoms in total. The lowest BCUT2D eigenvalue weighted by atomic mass is 10.4. The summed E-state index contributed by atoms with van der Waals surface area (Å²) in [6.45, 7) is 0. The van der Waals surface area contributed by atoms with Crippen molar-refractivity contribution in [3.63, 3.8) is 0 Å². The van der Waals surface area contributed by atoms with Gasteiger partial charge in [-0.1, -0.05) is 11.6 Å². The second-order valence-electron chi connectivity index (χ2n) is 1.84. The largest absolute Gasteiger partial charge is 0.464 e. The number of halogens is 2. The van der Waals surface area contributed by atoms with Crippen LogP contribution in [0.5, 0.6) is 0 Å². The van der Waals surface area contributed by atoms with Crippen LogP contribution in [0.2, 0.25) is 5.15 Å². The number of rotatable bonds is 1. The van der Waals surface area contributed by atoms with Crippen LogP contribution in [0.15, 0.2) is 10.5 Å². The third kappa shape index (κ3) is 1.75. The zero-order chi connectivity index (χ0) is 8.43. The molecule has 0 saturated carbocycles. The highest BCUT2D eigenvalue weighted by atomic mass is 79.9. The van der Waals surface area contributed by atoms with Gasteiger partial charge in [0.25, 0.3) is 0 Å². The summed E-state index contributed by atoms with van der Waals surface area (Å²) in [4.78, 5) is 13.5. The maximum absolute atomic E-state index is 10.8. The van der Waals surface area contributed by atoms with Gasteiger partial charge in [-0.05, 0) is 22.0 Å². The van der Waals surface area contributed by atoms with E-state index in [4.69, 9.17) is 11.6 Å². The molecule has 0 fully saturated rings. The minimum absolute atomic E-state index is 0.337. The van der Waals surface area contributed by atoms with Crippen LogP contribution in [0.1, 0.15) is 10.5 Å². The van der Waals surface area contributed by atoms with Gasteiger partial charge in [0.05, 0.1) is 11.6 Å². The molecule has 60 valence electrons. The predicted molar refractivity (Wildman–Crippen MR) is 44.8 cm³/mol. The summed E-state index contributed by atoms with van der Waals surface area (Å²) >= 11 is 8.76. The fourth-order valence-corrected chi connectivity index (χ4v) is 1.11. The molecule has 1 aromatic heterocycles. The molecule has 0 saturated heterocycles. The lowest BCUT2D eigenvalue weighted by molar-refractivity contribution is 0.0595. The maximum atomic E-state index is 10.8. The number of aromatic amines is 1. The highest BCUT2D eigenvalue weighted by molar-refractivity contribution is 9.10. The average molecular weight is 238 g/mol. The van der Waals surface area contributed by atoms with E-state index in [0.717, 1.165) is 0 Å². The van der Waals surface area contributed by atoms with Crippen LogP contribution in [-0.4, -0.2) is 18.1 Å². The molecule has 5 heteroatoms. The van der Waals surface area contributed by atoms with Crippen molar-refractivity contribution in [2.75, 3.05) is 7.11 Å². The van der Waals surface area contributed by atoms with Gasteiger partial charge in [0.1, 0.15) is 10.8 Å². The van der Waals surface area contributed by atoms with E-state index in [1.807, 2.05) is 0 Å². The molecule has 0 radical (unpaired) electrons. The molecule has 0 aromatic carbocycles. The summed E-state index contributed by atoms with van der Waals surface area (Å²) < 4.78 is 5.11. The topological polar surface area (TPSA) is 42.1 Å². The summed E-state index contributed by atoms with van der Waals surface area (Å²) in [5, 5.41) is 0.394. The number of nitrogens with one attached hydrogen (secondary N) is 1. The van der Waals surface area contributed by atoms with Crippen LogP contribution >= 0.6 is 27.5 Å². The molecule has 0 aliphatic rings. The maximum Gasteiger partial charge on any atom is 0.354 e. The Morgan fingerprint density at radius 2 is 2.45 bits per heavy atom. The normalized spacial score (nSPS) is 9.73. The van der Waals surface area contributed by atoms with Crippen molar-refractivity contribution in [1.82, 2.24) is 4.98 Å². The van der Waals surface area contributed by atoms with E-state index >= 15 is 0 Å². The average Bonchev–Trinajstić information content (AvgIpc) is 2.31. The van der Waals surface area contributed by atoms with Gasteiger partial charge in [0, 0.05) is 0 Å². The summed E-state index contributed by atoms with van der Waals surface area (Å²) in [6, 6.07) is 1.56. The fourth-order valence-electron chi connectivity index (χ4n) is 0.624. The molecule has 0 amide bonds. The molecule has 1 N–H and O–H groups in total. The Morgan fingerprint density at radius 3 is 2.82 bits per heavy atom. The van der Waals surface area contributed by atoms with Gasteiger partial charge in [-0.25, -0.2) is 4.79 Å². The van der Waals surface area contributed by atoms with Gasteiger partial charge in [0.2, 0.25) is 0 Å². The first-order valence-electron chi connectivity index (χ1n) is 2.77. The zero-order valence-electron chi connectivity index (χ0n) is 5.65. The number of carbonyl (C=O) groups excluding carboxylic acids is 1. The van der Waals surface area contributed by atoms with Crippen LogP contribution in [0.3, 0.4) is 0 Å². The van der Waals surface area contributed by atoms with Crippen LogP contribution in [-0.2, 0) is 4.74 Å². The summed E-state index contributed by atoms with van der Waals surface area (Å²) in [7, 11) is 1.31. The molecule has 0 unspecified atom stereocenters. The van der Waals surface area contributed by atoms with Crippen molar-refractivity contribution < 1.29 is 9.53 Å². The zero-order valence-corrected chi connectivity index (χ0v) is 7.99. The monoisotopic (exact) mass is 237 g/mol. The Hall–Kier alpha value is -0.480. The summed E-state index contributed by atoms with van der Waals surface area (Å²) in [5.41, 5.74) is 0.337. The van der Waals surface area contributed by atoms with Gasteiger partial charge < -0.3 is 9.72 Å². The minimum Gasteiger partial charge on any atom is -0.464 e. The molecule has 1 heterocycles. The SMILES string of the molecule is COC(=O)c1cc(Br)c(Cl)[nH]1. The lowest BCUT2D eigenvalue weighted by Gasteiger charge is -1.91. The van der Waals surface area contributed by atoms with Crippen molar-refractivity contribution in [3.8, 4) is 0 Å². The molecule has 0 atom stereocenters. The Balaban J connectivity index is 2.97. The number of hydrogen-bond acceptors (Lipinski definition) is 2. The van der Waals surface area contributed by atoms with Crippen molar-refractivity contribution in [3.05, 3.63) is 21.4 Å². The van der Waals surface area contributed by atoms with Gasteiger partial charge in [-0.15, -0.1) is 0 Å². The molecular formula is C6H5BrClNO2. The molecule has 0 aliphatic heterocycles. The van der Waals surface area contributed by atoms with Crippen molar-refractivity contribution in [2.45, 2.75) is 0 Å². The van der Waals surface area contributed by atoms with E-state index in [-0.39, 0.29) is 0 Å².